The third-order valence-electron chi connectivity index (χ3n) is 5.83. The van der Waals surface area contributed by atoms with E-state index in [1.54, 1.807) is 0 Å². The molecule has 3 aromatic rings. The number of aromatic amines is 1. The number of allylic oxidation sites excluding steroid dienone is 3. The molecule has 1 aromatic carbocycles. The minimum atomic E-state index is -0.648. The molecule has 1 aliphatic carbocycles. The van der Waals surface area contributed by atoms with E-state index in [4.69, 9.17) is 21.1 Å². The Bertz CT molecular complexity index is 1170. The number of carbonyl (C=O) groups excluding carboxylic acids is 1. The number of nitrogens with zero attached hydrogens (tertiary/aromatic N) is 5. The Kier molecular flexibility index (Phi) is 7.42. The Labute approximate surface area is 202 Å². The summed E-state index contributed by atoms with van der Waals surface area (Å²) < 4.78 is 12.7. The number of hydrogen-bond acceptors (Lipinski definition) is 7. The van der Waals surface area contributed by atoms with Crippen molar-refractivity contribution >= 4 is 17.6 Å². The lowest BCUT2D eigenvalue weighted by atomic mass is 9.80. The van der Waals surface area contributed by atoms with Crippen LogP contribution in [0, 0.1) is 0 Å². The summed E-state index contributed by atoms with van der Waals surface area (Å²) in [6.45, 7) is 2.96. The number of H-pyrrole nitrogens is 1. The third-order valence-corrected chi connectivity index (χ3v) is 6.21. The average molecular weight is 483 g/mol. The fraction of sp³-hybridized carbons (Fsp3) is 0.375. The Balaban J connectivity index is 1.61. The molecule has 1 atom stereocenters. The molecule has 2 aromatic heterocycles. The summed E-state index contributed by atoms with van der Waals surface area (Å²) in [5.41, 5.74) is 0.555. The number of aryl methyl sites for hydroxylation is 1. The van der Waals surface area contributed by atoms with E-state index in [9.17, 15) is 4.79 Å². The summed E-state index contributed by atoms with van der Waals surface area (Å²) in [6.07, 6.45) is 9.08. The van der Waals surface area contributed by atoms with Gasteiger partial charge in [0.1, 0.15) is 23.3 Å². The monoisotopic (exact) mass is 482 g/mol. The molecule has 0 spiro atoms. The van der Waals surface area contributed by atoms with Gasteiger partial charge in [-0.15, -0.1) is 10.2 Å². The van der Waals surface area contributed by atoms with Gasteiger partial charge in [-0.3, -0.25) is 0 Å². The van der Waals surface area contributed by atoms with E-state index in [2.05, 4.69) is 32.5 Å². The van der Waals surface area contributed by atoms with Crippen molar-refractivity contribution in [3.05, 3.63) is 82.4 Å². The predicted molar refractivity (Wildman–Crippen MR) is 126 cm³/mol. The summed E-state index contributed by atoms with van der Waals surface area (Å²) in [7, 11) is 1.32. The molecule has 1 N–H and O–H groups in total. The zero-order chi connectivity index (χ0) is 24.0. The maximum atomic E-state index is 12.2. The first-order chi connectivity index (χ1) is 16.6. The van der Waals surface area contributed by atoms with Crippen LogP contribution in [0.3, 0.4) is 0 Å². The van der Waals surface area contributed by atoms with Crippen LogP contribution in [0.2, 0.25) is 5.15 Å². The summed E-state index contributed by atoms with van der Waals surface area (Å²) in [4.78, 5) is 16.7. The molecule has 4 rings (SSSR count). The second-order valence-electron chi connectivity index (χ2n) is 8.16. The minimum Gasteiger partial charge on any atom is -0.489 e. The summed E-state index contributed by atoms with van der Waals surface area (Å²) in [5.74, 6) is 1.44. The van der Waals surface area contributed by atoms with Crippen LogP contribution in [0.5, 0.6) is 0 Å². The second-order valence-corrected chi connectivity index (χ2v) is 8.52. The lowest BCUT2D eigenvalue weighted by Crippen LogP contribution is -2.33. The van der Waals surface area contributed by atoms with E-state index in [0.29, 0.717) is 31.8 Å². The van der Waals surface area contributed by atoms with Crippen LogP contribution in [0.25, 0.3) is 0 Å². The molecular weight excluding hydrogens is 456 g/mol. The number of ether oxygens (including phenoxy) is 2. The van der Waals surface area contributed by atoms with Gasteiger partial charge >= 0.3 is 5.97 Å². The number of halogens is 1. The molecule has 0 saturated heterocycles. The normalized spacial score (nSPS) is 17.4. The molecule has 0 aliphatic heterocycles. The number of carbonyl (C=O) groups is 1. The van der Waals surface area contributed by atoms with E-state index >= 15 is 0 Å². The van der Waals surface area contributed by atoms with Crippen LogP contribution in [0.4, 0.5) is 0 Å². The van der Waals surface area contributed by atoms with Gasteiger partial charge in [-0.05, 0) is 30.6 Å². The van der Waals surface area contributed by atoms with Crippen molar-refractivity contribution in [2.24, 2.45) is 0 Å². The van der Waals surface area contributed by atoms with Crippen molar-refractivity contribution in [1.82, 2.24) is 30.2 Å². The number of methoxy groups -OCH3 is 1. The van der Waals surface area contributed by atoms with E-state index in [-0.39, 0.29) is 10.8 Å². The summed E-state index contributed by atoms with van der Waals surface area (Å²) in [6, 6.07) is 9.99. The number of benzene rings is 1. The van der Waals surface area contributed by atoms with Gasteiger partial charge in [-0.1, -0.05) is 66.6 Å². The number of aromatic nitrogens is 6. The van der Waals surface area contributed by atoms with Gasteiger partial charge in [0.25, 0.3) is 0 Å². The highest BCUT2D eigenvalue weighted by Gasteiger charge is 2.38. The van der Waals surface area contributed by atoms with Crippen LogP contribution >= 0.6 is 11.6 Å². The van der Waals surface area contributed by atoms with E-state index in [1.165, 1.54) is 7.11 Å². The molecule has 34 heavy (non-hydrogen) atoms. The van der Waals surface area contributed by atoms with Gasteiger partial charge in [-0.25, -0.2) is 9.78 Å². The summed E-state index contributed by atoms with van der Waals surface area (Å²) >= 11 is 6.64. The Hall–Kier alpha value is -3.46. The SMILES string of the molecule is CCCCc1nc(C(=O)OC)c(Cl)n1CC1(c2nn[nH]n2)C=CC(OCc2ccccc2)=CC1. The molecule has 0 fully saturated rings. The van der Waals surface area contributed by atoms with E-state index in [0.717, 1.165) is 30.0 Å². The molecule has 10 heteroatoms. The summed E-state index contributed by atoms with van der Waals surface area (Å²) in [5, 5.41) is 15.1. The molecule has 0 radical (unpaired) electrons. The zero-order valence-electron chi connectivity index (χ0n) is 19.2. The smallest absolute Gasteiger partial charge is 0.359 e. The largest absolute Gasteiger partial charge is 0.489 e. The molecule has 0 amide bonds. The van der Waals surface area contributed by atoms with Gasteiger partial charge in [0, 0.05) is 13.0 Å². The first kappa shape index (κ1) is 23.7. The van der Waals surface area contributed by atoms with Gasteiger partial charge < -0.3 is 14.0 Å². The standard InChI is InChI=1S/C24H27ClN6O3/c1-3-4-10-19-26-20(22(32)33-2)21(25)31(19)16-24(23-27-29-30-28-23)13-11-18(12-14-24)34-15-17-8-6-5-7-9-17/h5-9,11-13H,3-4,10,14-16H2,1-2H3,(H,27,28,29,30). The van der Waals surface area contributed by atoms with Crippen LogP contribution in [0.15, 0.2) is 54.3 Å². The van der Waals surface area contributed by atoms with E-state index in [1.807, 2.05) is 53.1 Å². The van der Waals surface area contributed by atoms with Gasteiger partial charge in [-0.2, -0.15) is 5.21 Å². The molecule has 0 bridgehead atoms. The van der Waals surface area contributed by atoms with Gasteiger partial charge in [0.05, 0.1) is 12.5 Å². The quantitative estimate of drug-likeness (QED) is 0.432. The first-order valence-corrected chi connectivity index (χ1v) is 11.6. The molecule has 9 nitrogen and oxygen atoms in total. The molecule has 1 unspecified atom stereocenters. The lowest BCUT2D eigenvalue weighted by Gasteiger charge is -2.30. The van der Waals surface area contributed by atoms with Crippen molar-refractivity contribution in [1.29, 1.82) is 0 Å². The minimum absolute atomic E-state index is 0.112. The number of unbranched alkanes of at least 4 members (excludes halogenated alkanes) is 1. The average Bonchev–Trinajstić information content (AvgIpc) is 3.52. The maximum absolute atomic E-state index is 12.2. The maximum Gasteiger partial charge on any atom is 0.359 e. The van der Waals surface area contributed by atoms with Gasteiger partial charge in [0.2, 0.25) is 0 Å². The van der Waals surface area contributed by atoms with Crippen LogP contribution in [-0.2, 0) is 34.5 Å². The van der Waals surface area contributed by atoms with E-state index < -0.39 is 11.4 Å². The zero-order valence-corrected chi connectivity index (χ0v) is 20.0. The highest BCUT2D eigenvalue weighted by atomic mass is 35.5. The highest BCUT2D eigenvalue weighted by Crippen LogP contribution is 2.36. The molecule has 0 saturated carbocycles. The first-order valence-electron chi connectivity index (χ1n) is 11.2. The van der Waals surface area contributed by atoms with Crippen molar-refractivity contribution in [2.45, 2.75) is 51.2 Å². The number of rotatable bonds is 10. The topological polar surface area (TPSA) is 108 Å². The van der Waals surface area contributed by atoms with Crippen molar-refractivity contribution in [3.8, 4) is 0 Å². The second kappa shape index (κ2) is 10.6. The highest BCUT2D eigenvalue weighted by molar-refractivity contribution is 6.32. The van der Waals surface area contributed by atoms with Crippen molar-refractivity contribution in [2.75, 3.05) is 7.11 Å². The van der Waals surface area contributed by atoms with Gasteiger partial charge in [0.15, 0.2) is 11.5 Å². The fourth-order valence-electron chi connectivity index (χ4n) is 3.91. The Morgan fingerprint density at radius 3 is 2.76 bits per heavy atom. The lowest BCUT2D eigenvalue weighted by molar-refractivity contribution is 0.0594. The van der Waals surface area contributed by atoms with Crippen LogP contribution in [0.1, 0.15) is 53.9 Å². The molecule has 1 aliphatic rings. The van der Waals surface area contributed by atoms with Crippen molar-refractivity contribution in [3.63, 3.8) is 0 Å². The van der Waals surface area contributed by atoms with Crippen LogP contribution < -0.4 is 0 Å². The molecule has 2 heterocycles. The number of imidazole rings is 1. The third kappa shape index (κ3) is 5.04. The number of esters is 1. The van der Waals surface area contributed by atoms with Crippen molar-refractivity contribution < 1.29 is 14.3 Å². The molecular formula is C24H27ClN6O3. The number of tetrazole rings is 1. The number of nitrogens with one attached hydrogen (secondary N) is 1. The predicted octanol–water partition coefficient (Wildman–Crippen LogP) is 4.18. The Morgan fingerprint density at radius 2 is 2.12 bits per heavy atom. The molecule has 178 valence electrons. The fourth-order valence-corrected chi connectivity index (χ4v) is 4.18. The Morgan fingerprint density at radius 1 is 1.29 bits per heavy atom. The number of hydrogen-bond donors (Lipinski definition) is 1. The van der Waals surface area contributed by atoms with Crippen LogP contribution in [-0.4, -0.2) is 43.3 Å².